The molecule has 6 nitrogen and oxygen atoms in total. The van der Waals surface area contributed by atoms with Gasteiger partial charge < -0.3 is 5.32 Å². The number of nitrogens with one attached hydrogen (secondary N) is 2. The van der Waals surface area contributed by atoms with Crippen molar-refractivity contribution in [1.29, 1.82) is 0 Å². The van der Waals surface area contributed by atoms with Gasteiger partial charge in [0, 0.05) is 25.3 Å². The predicted molar refractivity (Wildman–Crippen MR) is 90.8 cm³/mol. The van der Waals surface area contributed by atoms with Crippen LogP contribution in [0.4, 0.5) is 0 Å². The maximum absolute atomic E-state index is 12.1. The maximum Gasteiger partial charge on any atom is 0.240 e. The van der Waals surface area contributed by atoms with Gasteiger partial charge in [-0.1, -0.05) is 18.2 Å². The molecule has 0 amide bonds. The van der Waals surface area contributed by atoms with Crippen molar-refractivity contribution in [2.75, 3.05) is 13.1 Å². The fourth-order valence-corrected chi connectivity index (χ4v) is 3.28. The summed E-state index contributed by atoms with van der Waals surface area (Å²) < 4.78 is 28.7. The van der Waals surface area contributed by atoms with Crippen LogP contribution in [0.5, 0.6) is 0 Å². The van der Waals surface area contributed by atoms with Crippen molar-refractivity contribution >= 4 is 10.0 Å². The standard InChI is InChI=1S/C16H24N4O2S/c1-13-11-18-20(12-13)15(3)14(2)17-9-10-19-23(21,22)16-7-5-4-6-8-16/h4-8,11-12,14-15,17,19H,9-10H2,1-3H3. The van der Waals surface area contributed by atoms with E-state index in [0.29, 0.717) is 13.1 Å². The first kappa shape index (κ1) is 17.7. The van der Waals surface area contributed by atoms with Gasteiger partial charge in [-0.3, -0.25) is 4.68 Å². The zero-order valence-electron chi connectivity index (χ0n) is 13.7. The first-order valence-corrected chi connectivity index (χ1v) is 9.17. The third-order valence-electron chi connectivity index (χ3n) is 3.81. The van der Waals surface area contributed by atoms with Crippen LogP contribution in [0.25, 0.3) is 0 Å². The lowest BCUT2D eigenvalue weighted by Gasteiger charge is -2.22. The van der Waals surface area contributed by atoms with E-state index >= 15 is 0 Å². The van der Waals surface area contributed by atoms with Gasteiger partial charge in [0.15, 0.2) is 0 Å². The fraction of sp³-hybridized carbons (Fsp3) is 0.438. The molecule has 0 saturated heterocycles. The number of hydrogen-bond acceptors (Lipinski definition) is 4. The topological polar surface area (TPSA) is 76.0 Å². The molecule has 1 aromatic carbocycles. The van der Waals surface area contributed by atoms with Gasteiger partial charge in [0.2, 0.25) is 10.0 Å². The zero-order chi connectivity index (χ0) is 16.9. The second-order valence-corrected chi connectivity index (χ2v) is 7.46. The quantitative estimate of drug-likeness (QED) is 0.720. The van der Waals surface area contributed by atoms with Crippen LogP contribution in [0.2, 0.25) is 0 Å². The molecule has 2 N–H and O–H groups in total. The Bertz CT molecular complexity index is 713. The van der Waals surface area contributed by atoms with Crippen molar-refractivity contribution in [2.45, 2.75) is 37.8 Å². The minimum Gasteiger partial charge on any atom is -0.311 e. The van der Waals surface area contributed by atoms with E-state index < -0.39 is 10.0 Å². The molecule has 2 atom stereocenters. The van der Waals surface area contributed by atoms with Crippen LogP contribution in [0.3, 0.4) is 0 Å². The summed E-state index contributed by atoms with van der Waals surface area (Å²) in [5.41, 5.74) is 1.12. The van der Waals surface area contributed by atoms with Crippen molar-refractivity contribution < 1.29 is 8.42 Å². The number of nitrogens with zero attached hydrogens (tertiary/aromatic N) is 2. The first-order chi connectivity index (χ1) is 10.9. The van der Waals surface area contributed by atoms with Crippen LogP contribution >= 0.6 is 0 Å². The molecule has 1 heterocycles. The maximum atomic E-state index is 12.1. The van der Waals surface area contributed by atoms with E-state index in [0.717, 1.165) is 5.56 Å². The van der Waals surface area contributed by atoms with E-state index in [2.05, 4.69) is 29.0 Å². The molecule has 1 aromatic heterocycles. The molecule has 0 spiro atoms. The third kappa shape index (κ3) is 4.89. The van der Waals surface area contributed by atoms with Crippen molar-refractivity contribution in [3.05, 3.63) is 48.3 Å². The van der Waals surface area contributed by atoms with Gasteiger partial charge in [-0.25, -0.2) is 13.1 Å². The molecule has 0 fully saturated rings. The summed E-state index contributed by atoms with van der Waals surface area (Å²) in [5, 5.41) is 7.64. The number of aryl methyl sites for hydroxylation is 1. The molecule has 0 saturated carbocycles. The highest BCUT2D eigenvalue weighted by Gasteiger charge is 2.15. The van der Waals surface area contributed by atoms with Gasteiger partial charge in [0.25, 0.3) is 0 Å². The molecule has 126 valence electrons. The van der Waals surface area contributed by atoms with Crippen molar-refractivity contribution in [3.63, 3.8) is 0 Å². The second kappa shape index (κ2) is 7.72. The molecule has 0 aliphatic heterocycles. The molecule has 0 bridgehead atoms. The normalized spacial score (nSPS) is 14.6. The third-order valence-corrected chi connectivity index (χ3v) is 5.29. The first-order valence-electron chi connectivity index (χ1n) is 7.69. The fourth-order valence-electron chi connectivity index (χ4n) is 2.22. The molecule has 2 unspecified atom stereocenters. The van der Waals surface area contributed by atoms with Gasteiger partial charge in [0.05, 0.1) is 17.1 Å². The van der Waals surface area contributed by atoms with Crippen LogP contribution in [0, 0.1) is 6.92 Å². The number of rotatable bonds is 8. The average Bonchev–Trinajstić information content (AvgIpc) is 2.98. The van der Waals surface area contributed by atoms with Crippen LogP contribution in [-0.4, -0.2) is 37.3 Å². The second-order valence-electron chi connectivity index (χ2n) is 5.69. The molecule has 23 heavy (non-hydrogen) atoms. The van der Waals surface area contributed by atoms with Gasteiger partial charge in [-0.2, -0.15) is 5.10 Å². The Morgan fingerprint density at radius 3 is 2.48 bits per heavy atom. The number of benzene rings is 1. The van der Waals surface area contributed by atoms with E-state index in [4.69, 9.17) is 0 Å². The summed E-state index contributed by atoms with van der Waals surface area (Å²) >= 11 is 0. The summed E-state index contributed by atoms with van der Waals surface area (Å²) in [5.74, 6) is 0. The predicted octanol–water partition coefficient (Wildman–Crippen LogP) is 1.71. The minimum atomic E-state index is -3.43. The Hall–Kier alpha value is -1.70. The molecular weight excluding hydrogens is 312 g/mol. The summed E-state index contributed by atoms with van der Waals surface area (Å²) in [6.07, 6.45) is 3.83. The zero-order valence-corrected chi connectivity index (χ0v) is 14.5. The molecule has 0 aliphatic rings. The van der Waals surface area contributed by atoms with Gasteiger partial charge in [-0.15, -0.1) is 0 Å². The smallest absolute Gasteiger partial charge is 0.240 e. The monoisotopic (exact) mass is 336 g/mol. The van der Waals surface area contributed by atoms with Crippen LogP contribution < -0.4 is 10.0 Å². The van der Waals surface area contributed by atoms with E-state index in [1.807, 2.05) is 24.0 Å². The van der Waals surface area contributed by atoms with E-state index in [9.17, 15) is 8.42 Å². The van der Waals surface area contributed by atoms with Gasteiger partial charge in [-0.05, 0) is 38.5 Å². The summed E-state index contributed by atoms with van der Waals surface area (Å²) in [6, 6.07) is 8.75. The lowest BCUT2D eigenvalue weighted by Crippen LogP contribution is -2.39. The van der Waals surface area contributed by atoms with Crippen molar-refractivity contribution in [2.24, 2.45) is 0 Å². The summed E-state index contributed by atoms with van der Waals surface area (Å²) in [7, 11) is -3.43. The highest BCUT2D eigenvalue weighted by molar-refractivity contribution is 7.89. The van der Waals surface area contributed by atoms with Crippen LogP contribution in [0.15, 0.2) is 47.6 Å². The summed E-state index contributed by atoms with van der Waals surface area (Å²) in [6.45, 7) is 7.04. The van der Waals surface area contributed by atoms with E-state index in [-0.39, 0.29) is 17.0 Å². The largest absolute Gasteiger partial charge is 0.311 e. The SMILES string of the molecule is Cc1cnn(C(C)C(C)NCCNS(=O)(=O)c2ccccc2)c1. The Kier molecular flexibility index (Phi) is 5.92. The Labute approximate surface area is 138 Å². The molecule has 0 radical (unpaired) electrons. The van der Waals surface area contributed by atoms with Crippen LogP contribution in [0.1, 0.15) is 25.5 Å². The Morgan fingerprint density at radius 1 is 1.17 bits per heavy atom. The molecule has 2 rings (SSSR count). The lowest BCUT2D eigenvalue weighted by molar-refractivity contribution is 0.368. The highest BCUT2D eigenvalue weighted by Crippen LogP contribution is 2.10. The van der Waals surface area contributed by atoms with Crippen molar-refractivity contribution in [1.82, 2.24) is 19.8 Å². The van der Waals surface area contributed by atoms with Crippen molar-refractivity contribution in [3.8, 4) is 0 Å². The van der Waals surface area contributed by atoms with E-state index in [1.54, 1.807) is 30.3 Å². The summed E-state index contributed by atoms with van der Waals surface area (Å²) in [4.78, 5) is 0.286. The molecule has 2 aromatic rings. The van der Waals surface area contributed by atoms with Crippen LogP contribution in [-0.2, 0) is 10.0 Å². The number of aromatic nitrogens is 2. The highest BCUT2D eigenvalue weighted by atomic mass is 32.2. The number of sulfonamides is 1. The van der Waals surface area contributed by atoms with Gasteiger partial charge >= 0.3 is 0 Å². The molecular formula is C16H24N4O2S. The van der Waals surface area contributed by atoms with Gasteiger partial charge in [0.1, 0.15) is 0 Å². The molecule has 7 heteroatoms. The van der Waals surface area contributed by atoms with E-state index in [1.165, 1.54) is 0 Å². The Morgan fingerprint density at radius 2 is 1.87 bits per heavy atom. The lowest BCUT2D eigenvalue weighted by atomic mass is 10.2. The average molecular weight is 336 g/mol. The molecule has 0 aliphatic carbocycles. The Balaban J connectivity index is 1.79. The minimum absolute atomic E-state index is 0.176. The number of hydrogen-bond donors (Lipinski definition) is 2.